The van der Waals surface area contributed by atoms with Gasteiger partial charge in [-0.2, -0.15) is 11.8 Å². The fraction of sp³-hybridized carbons (Fsp3) is 0.333. The molecular weight excluding hydrogens is 156 g/mol. The Morgan fingerprint density at radius 1 is 1.45 bits per heavy atom. The van der Waals surface area contributed by atoms with Crippen molar-refractivity contribution in [2.75, 3.05) is 6.26 Å². The first-order valence-corrected chi connectivity index (χ1v) is 5.01. The zero-order valence-electron chi connectivity index (χ0n) is 6.68. The van der Waals surface area contributed by atoms with Crippen molar-refractivity contribution in [3.8, 4) is 0 Å². The van der Waals surface area contributed by atoms with Gasteiger partial charge in [0, 0.05) is 11.3 Å². The minimum absolute atomic E-state index is 1.02. The molecule has 0 aliphatic heterocycles. The van der Waals surface area contributed by atoms with E-state index in [1.54, 1.807) is 0 Å². The number of benzene rings is 1. The highest BCUT2D eigenvalue weighted by Crippen LogP contribution is 2.28. The summed E-state index contributed by atoms with van der Waals surface area (Å²) >= 11 is 1.83. The molecule has 0 unspecified atom stereocenters. The molecule has 1 nitrogen and oxygen atoms in total. The average molecular weight is 166 g/mol. The number of aryl methyl sites for hydroxylation is 1. The molecule has 0 saturated carbocycles. The van der Waals surface area contributed by atoms with Crippen molar-refractivity contribution < 1.29 is 4.42 Å². The second kappa shape index (κ2) is 2.45. The van der Waals surface area contributed by atoms with E-state index < -0.39 is 0 Å². The molecule has 2 heteroatoms. The van der Waals surface area contributed by atoms with Crippen molar-refractivity contribution in [3.05, 3.63) is 23.3 Å². The molecule has 0 radical (unpaired) electrons. The summed E-state index contributed by atoms with van der Waals surface area (Å²) in [6.07, 6.45) is 2.11. The summed E-state index contributed by atoms with van der Waals surface area (Å²) in [6.45, 7) is 2.09. The molecule has 0 amide bonds. The summed E-state index contributed by atoms with van der Waals surface area (Å²) in [5.74, 6) is 1.06. The highest BCUT2D eigenvalue weighted by Gasteiger charge is 2.09. The van der Waals surface area contributed by atoms with Crippen molar-refractivity contribution >= 4 is 22.9 Å². The van der Waals surface area contributed by atoms with Crippen molar-refractivity contribution in [1.29, 1.82) is 0 Å². The van der Waals surface area contributed by atoms with Crippen LogP contribution in [0, 0.1) is 6.92 Å². The van der Waals surface area contributed by atoms with Crippen LogP contribution in [0.1, 0.15) is 11.1 Å². The van der Waals surface area contributed by atoms with Gasteiger partial charge in [0.05, 0.1) is 0 Å². The first kappa shape index (κ1) is 7.04. The molecule has 11 heavy (non-hydrogen) atoms. The van der Waals surface area contributed by atoms with Gasteiger partial charge < -0.3 is 4.42 Å². The summed E-state index contributed by atoms with van der Waals surface area (Å²) in [5.41, 5.74) is 4.72. The summed E-state index contributed by atoms with van der Waals surface area (Å²) in [4.78, 5) is 0. The summed E-state index contributed by atoms with van der Waals surface area (Å²) in [6, 6.07) is 4.21. The van der Waals surface area contributed by atoms with Crippen molar-refractivity contribution in [2.45, 2.75) is 12.7 Å². The van der Waals surface area contributed by atoms with Gasteiger partial charge in [0.15, 0.2) is 0 Å². The van der Waals surface area contributed by atoms with E-state index in [4.69, 9.17) is 4.42 Å². The fourth-order valence-corrected chi connectivity index (χ4v) is 1.92. The first-order chi connectivity index (χ1) is 5.31. The molecule has 0 aromatic carbocycles. The third-order valence-electron chi connectivity index (χ3n) is 1.84. The summed E-state index contributed by atoms with van der Waals surface area (Å²) in [7, 11) is 0. The van der Waals surface area contributed by atoms with Gasteiger partial charge in [-0.05, 0) is 30.9 Å². The van der Waals surface area contributed by atoms with E-state index in [0.29, 0.717) is 0 Å². The number of hydrogen-bond acceptors (Lipinski definition) is 2. The molecule has 0 saturated heterocycles. The Labute approximate surface area is 70.1 Å². The molecule has 0 spiro atoms. The minimum Gasteiger partial charge on any atom is -0.457 e. The Balaban J connectivity index is 2.49. The normalized spacial score (nSPS) is 11.5. The first-order valence-electron chi connectivity index (χ1n) is 3.61. The fourth-order valence-electron chi connectivity index (χ4n) is 1.40. The van der Waals surface area contributed by atoms with Crippen molar-refractivity contribution in [1.82, 2.24) is 0 Å². The van der Waals surface area contributed by atoms with Gasteiger partial charge in [0.2, 0.25) is 0 Å². The molecule has 2 aromatic heterocycles. The maximum absolute atomic E-state index is 5.48. The van der Waals surface area contributed by atoms with E-state index in [1.807, 2.05) is 11.8 Å². The molecule has 2 aromatic rings. The van der Waals surface area contributed by atoms with E-state index in [1.165, 1.54) is 11.1 Å². The van der Waals surface area contributed by atoms with Gasteiger partial charge in [-0.1, -0.05) is 0 Å². The number of thioether (sulfide) groups is 1. The number of rotatable bonds is 2. The smallest absolute Gasteiger partial charge is 0.134 e. The molecular formula is C9H10OS. The second-order valence-corrected chi connectivity index (χ2v) is 3.63. The quantitative estimate of drug-likeness (QED) is 0.680. The third-order valence-corrected chi connectivity index (χ3v) is 2.44. The Kier molecular flexibility index (Phi) is 1.57. The Morgan fingerprint density at radius 2 is 2.27 bits per heavy atom. The van der Waals surface area contributed by atoms with E-state index >= 15 is 0 Å². The lowest BCUT2D eigenvalue weighted by Gasteiger charge is -1.93. The zero-order chi connectivity index (χ0) is 7.84. The molecule has 0 aliphatic rings. The van der Waals surface area contributed by atoms with Crippen LogP contribution in [-0.4, -0.2) is 6.26 Å². The van der Waals surface area contributed by atoms with E-state index in [2.05, 4.69) is 25.3 Å². The number of hydrogen-bond donors (Lipinski definition) is 0. The molecule has 0 aliphatic carbocycles. The maximum atomic E-state index is 5.48. The van der Waals surface area contributed by atoms with Gasteiger partial charge in [0.1, 0.15) is 11.2 Å². The standard InChI is InChI=1S/C9H10OS/c1-6-3-8-4-7(5-11-2)9(6)10-8/h3-4H,5H2,1-2H3. The predicted molar refractivity (Wildman–Crippen MR) is 49.4 cm³/mol. The monoisotopic (exact) mass is 166 g/mol. The van der Waals surface area contributed by atoms with Crippen LogP contribution in [-0.2, 0) is 5.75 Å². The largest absolute Gasteiger partial charge is 0.457 e. The van der Waals surface area contributed by atoms with Crippen LogP contribution in [0.4, 0.5) is 0 Å². The highest BCUT2D eigenvalue weighted by atomic mass is 32.2. The topological polar surface area (TPSA) is 13.1 Å². The predicted octanol–water partition coefficient (Wildman–Crippen LogP) is 3.04. The van der Waals surface area contributed by atoms with Crippen molar-refractivity contribution in [2.24, 2.45) is 0 Å². The summed E-state index contributed by atoms with van der Waals surface area (Å²) in [5, 5.41) is 0. The van der Waals surface area contributed by atoms with E-state index in [-0.39, 0.29) is 0 Å². The third kappa shape index (κ3) is 1.02. The zero-order valence-corrected chi connectivity index (χ0v) is 7.49. The summed E-state index contributed by atoms with van der Waals surface area (Å²) < 4.78 is 5.48. The number of furan rings is 2. The van der Waals surface area contributed by atoms with Crippen molar-refractivity contribution in [3.63, 3.8) is 0 Å². The number of fused-ring (bicyclic) bond motifs is 2. The molecule has 0 N–H and O–H groups in total. The second-order valence-electron chi connectivity index (χ2n) is 2.76. The molecule has 0 atom stereocenters. The van der Waals surface area contributed by atoms with E-state index in [0.717, 1.165) is 16.9 Å². The maximum Gasteiger partial charge on any atom is 0.134 e. The molecule has 2 heterocycles. The van der Waals surface area contributed by atoms with Gasteiger partial charge in [-0.25, -0.2) is 0 Å². The molecule has 0 fully saturated rings. The average Bonchev–Trinajstić information content (AvgIpc) is 2.46. The minimum atomic E-state index is 1.02. The van der Waals surface area contributed by atoms with Crippen LogP contribution in [0.25, 0.3) is 11.2 Å². The van der Waals surface area contributed by atoms with Crippen LogP contribution in [0.5, 0.6) is 0 Å². The molecule has 58 valence electrons. The lowest BCUT2D eigenvalue weighted by molar-refractivity contribution is 0.672. The van der Waals surface area contributed by atoms with Crippen LogP contribution < -0.4 is 0 Å². The van der Waals surface area contributed by atoms with Crippen LogP contribution in [0.15, 0.2) is 16.5 Å². The Bertz CT molecular complexity index is 350. The highest BCUT2D eigenvalue weighted by molar-refractivity contribution is 7.97. The lowest BCUT2D eigenvalue weighted by Crippen LogP contribution is -1.77. The van der Waals surface area contributed by atoms with Gasteiger partial charge in [-0.3, -0.25) is 0 Å². The van der Waals surface area contributed by atoms with E-state index in [9.17, 15) is 0 Å². The van der Waals surface area contributed by atoms with Gasteiger partial charge in [0.25, 0.3) is 0 Å². The van der Waals surface area contributed by atoms with Gasteiger partial charge in [-0.15, -0.1) is 0 Å². The molecule has 2 bridgehead atoms. The van der Waals surface area contributed by atoms with Crippen LogP contribution in [0.2, 0.25) is 0 Å². The Morgan fingerprint density at radius 3 is 2.82 bits per heavy atom. The van der Waals surface area contributed by atoms with Crippen LogP contribution in [0.3, 0.4) is 0 Å². The Hall–Kier alpha value is -0.630. The SMILES string of the molecule is CSCc1cc2cc(C)c1o2. The van der Waals surface area contributed by atoms with Crippen LogP contribution >= 0.6 is 11.8 Å². The molecule has 2 rings (SSSR count). The lowest BCUT2D eigenvalue weighted by atomic mass is 10.2. The van der Waals surface area contributed by atoms with Gasteiger partial charge >= 0.3 is 0 Å².